The number of hydrogen-bond acceptors (Lipinski definition) is 5. The first-order valence-electron chi connectivity index (χ1n) is 8.18. The van der Waals surface area contributed by atoms with Crippen LogP contribution in [0.4, 0.5) is 18.9 Å². The quantitative estimate of drug-likeness (QED) is 0.903. The Morgan fingerprint density at radius 2 is 2.15 bits per heavy atom. The van der Waals surface area contributed by atoms with E-state index in [1.54, 1.807) is 6.07 Å². The molecule has 1 aromatic carbocycles. The molecule has 9 heteroatoms. The first-order valence-corrected chi connectivity index (χ1v) is 8.18. The lowest BCUT2D eigenvalue weighted by Crippen LogP contribution is -2.28. The Labute approximate surface area is 146 Å². The zero-order chi connectivity index (χ0) is 18.3. The summed E-state index contributed by atoms with van der Waals surface area (Å²) in [5.74, 6) is 0.645. The van der Waals surface area contributed by atoms with Crippen molar-refractivity contribution in [1.82, 2.24) is 10.2 Å². The maximum absolute atomic E-state index is 13.3. The fraction of sp³-hybridized carbons (Fsp3) is 0.412. The number of H-pyrrole nitrogens is 1. The molecule has 0 radical (unpaired) electrons. The van der Waals surface area contributed by atoms with Gasteiger partial charge in [0, 0.05) is 25.1 Å². The maximum atomic E-state index is 13.3. The first-order chi connectivity index (χ1) is 12.4. The number of halogens is 3. The molecule has 2 aromatic rings. The summed E-state index contributed by atoms with van der Waals surface area (Å²) in [5, 5.41) is 5.40. The predicted molar refractivity (Wildman–Crippen MR) is 86.0 cm³/mol. The van der Waals surface area contributed by atoms with Gasteiger partial charge in [-0.2, -0.15) is 18.3 Å². The van der Waals surface area contributed by atoms with E-state index in [4.69, 9.17) is 9.47 Å². The monoisotopic (exact) mass is 367 g/mol. The summed E-state index contributed by atoms with van der Waals surface area (Å²) < 4.78 is 51.2. The fourth-order valence-electron chi connectivity index (χ4n) is 3.36. The first kappa shape index (κ1) is 16.9. The molecular formula is C17H16F3N3O3. The smallest absolute Gasteiger partial charge is 0.423 e. The van der Waals surface area contributed by atoms with Crippen molar-refractivity contribution in [2.75, 3.05) is 18.1 Å². The van der Waals surface area contributed by atoms with Gasteiger partial charge in [0.05, 0.1) is 25.1 Å². The molecule has 1 fully saturated rings. The summed E-state index contributed by atoms with van der Waals surface area (Å²) in [6.45, 7) is 1.61. The number of nitrogens with zero attached hydrogens (tertiary/aromatic N) is 2. The van der Waals surface area contributed by atoms with E-state index in [0.29, 0.717) is 19.0 Å². The van der Waals surface area contributed by atoms with Crippen molar-refractivity contribution in [3.8, 4) is 5.75 Å². The molecule has 138 valence electrons. The molecule has 0 saturated carbocycles. The minimum atomic E-state index is -4.76. The molecule has 1 unspecified atom stereocenters. The van der Waals surface area contributed by atoms with Crippen molar-refractivity contribution >= 4 is 5.69 Å². The number of hydrogen-bond donors (Lipinski definition) is 1. The van der Waals surface area contributed by atoms with Gasteiger partial charge in [0.15, 0.2) is 0 Å². The summed E-state index contributed by atoms with van der Waals surface area (Å²) in [6, 6.07) is 5.47. The topological polar surface area (TPSA) is 67.5 Å². The molecule has 6 nitrogen and oxygen atoms in total. The van der Waals surface area contributed by atoms with Crippen LogP contribution in [-0.4, -0.2) is 29.5 Å². The van der Waals surface area contributed by atoms with E-state index in [9.17, 15) is 18.0 Å². The van der Waals surface area contributed by atoms with Crippen molar-refractivity contribution in [1.29, 1.82) is 0 Å². The van der Waals surface area contributed by atoms with Crippen LogP contribution in [0.1, 0.15) is 23.1 Å². The zero-order valence-corrected chi connectivity index (χ0v) is 13.7. The van der Waals surface area contributed by atoms with E-state index in [2.05, 4.69) is 5.10 Å². The third kappa shape index (κ3) is 3.03. The van der Waals surface area contributed by atoms with Gasteiger partial charge in [-0.15, -0.1) is 0 Å². The lowest BCUT2D eigenvalue weighted by Gasteiger charge is -2.21. The molecule has 2 aliphatic rings. The van der Waals surface area contributed by atoms with Gasteiger partial charge in [-0.3, -0.25) is 4.79 Å². The predicted octanol–water partition coefficient (Wildman–Crippen LogP) is 2.48. The molecule has 2 aliphatic heterocycles. The largest absolute Gasteiger partial charge is 0.488 e. The van der Waals surface area contributed by atoms with Gasteiger partial charge in [0.2, 0.25) is 0 Å². The van der Waals surface area contributed by atoms with Gasteiger partial charge in [-0.1, -0.05) is 12.1 Å². The molecule has 1 N–H and O–H groups in total. The summed E-state index contributed by atoms with van der Waals surface area (Å²) in [4.78, 5) is 13.2. The Balaban J connectivity index is 1.66. The Hall–Kier alpha value is -2.55. The van der Waals surface area contributed by atoms with Crippen molar-refractivity contribution < 1.29 is 22.6 Å². The molecule has 1 aromatic heterocycles. The molecule has 0 bridgehead atoms. The summed E-state index contributed by atoms with van der Waals surface area (Å²) in [6.07, 6.45) is -2.99. The number of fused-ring (bicyclic) bond motifs is 1. The molecule has 0 spiro atoms. The minimum Gasteiger partial charge on any atom is -0.488 e. The second kappa shape index (κ2) is 6.31. The highest BCUT2D eigenvalue weighted by Gasteiger charge is 2.40. The number of aromatic amines is 1. The van der Waals surface area contributed by atoms with E-state index in [-0.39, 0.29) is 24.9 Å². The summed E-state index contributed by atoms with van der Waals surface area (Å²) >= 11 is 0. The third-order valence-electron chi connectivity index (χ3n) is 4.58. The van der Waals surface area contributed by atoms with Crippen LogP contribution >= 0.6 is 0 Å². The molecule has 1 atom stereocenters. The van der Waals surface area contributed by atoms with Crippen LogP contribution < -0.4 is 15.2 Å². The second-order valence-electron chi connectivity index (χ2n) is 6.31. The lowest BCUT2D eigenvalue weighted by molar-refractivity contribution is -0.138. The van der Waals surface area contributed by atoms with Gasteiger partial charge in [-0.05, 0) is 11.6 Å². The lowest BCUT2D eigenvalue weighted by atomic mass is 10.1. The number of alkyl halides is 3. The highest BCUT2D eigenvalue weighted by molar-refractivity contribution is 5.58. The van der Waals surface area contributed by atoms with Crippen LogP contribution in [0.2, 0.25) is 0 Å². The van der Waals surface area contributed by atoms with E-state index in [1.165, 1.54) is 4.90 Å². The molecule has 0 aliphatic carbocycles. The average Bonchev–Trinajstić information content (AvgIpc) is 3.23. The van der Waals surface area contributed by atoms with Crippen LogP contribution in [-0.2, 0) is 24.0 Å². The van der Waals surface area contributed by atoms with Gasteiger partial charge in [-0.25, -0.2) is 5.10 Å². The Morgan fingerprint density at radius 1 is 1.31 bits per heavy atom. The maximum Gasteiger partial charge on any atom is 0.423 e. The number of aromatic nitrogens is 2. The van der Waals surface area contributed by atoms with E-state index < -0.39 is 17.3 Å². The number of anilines is 1. The van der Waals surface area contributed by atoms with E-state index >= 15 is 0 Å². The van der Waals surface area contributed by atoms with Crippen LogP contribution in [0, 0.1) is 0 Å². The van der Waals surface area contributed by atoms with Gasteiger partial charge >= 0.3 is 6.18 Å². The van der Waals surface area contributed by atoms with Crippen LogP contribution in [0.25, 0.3) is 0 Å². The van der Waals surface area contributed by atoms with Crippen molar-refractivity contribution in [2.24, 2.45) is 0 Å². The Kier molecular flexibility index (Phi) is 4.10. The SMILES string of the molecule is O=c1[nH]ncc(N2Cc3cccc(OC4CCOC4)c3C2)c1C(F)(F)F. The number of ether oxygens (including phenoxy) is 2. The molecule has 1 saturated heterocycles. The zero-order valence-electron chi connectivity index (χ0n) is 13.7. The summed E-state index contributed by atoms with van der Waals surface area (Å²) in [5.41, 5.74) is -1.01. The minimum absolute atomic E-state index is 0.0532. The fourth-order valence-corrected chi connectivity index (χ4v) is 3.36. The van der Waals surface area contributed by atoms with Crippen molar-refractivity contribution in [3.05, 3.63) is 51.4 Å². The van der Waals surface area contributed by atoms with Gasteiger partial charge in [0.1, 0.15) is 17.4 Å². The summed E-state index contributed by atoms with van der Waals surface area (Å²) in [7, 11) is 0. The third-order valence-corrected chi connectivity index (χ3v) is 4.58. The highest BCUT2D eigenvalue weighted by atomic mass is 19.4. The van der Waals surface area contributed by atoms with Gasteiger partial charge in [0.25, 0.3) is 5.56 Å². The number of benzene rings is 1. The molecular weight excluding hydrogens is 351 g/mol. The molecule has 0 amide bonds. The van der Waals surface area contributed by atoms with E-state index in [1.807, 2.05) is 17.2 Å². The van der Waals surface area contributed by atoms with Crippen LogP contribution in [0.15, 0.2) is 29.2 Å². The van der Waals surface area contributed by atoms with E-state index in [0.717, 1.165) is 23.7 Å². The normalized spacial score (nSPS) is 19.7. The Morgan fingerprint density at radius 3 is 2.88 bits per heavy atom. The van der Waals surface area contributed by atoms with Gasteiger partial charge < -0.3 is 14.4 Å². The Bertz CT molecular complexity index is 876. The number of nitrogens with one attached hydrogen (secondary N) is 1. The number of rotatable bonds is 3. The average molecular weight is 367 g/mol. The van der Waals surface area contributed by atoms with Crippen LogP contribution in [0.3, 0.4) is 0 Å². The molecule has 3 heterocycles. The van der Waals surface area contributed by atoms with Crippen molar-refractivity contribution in [2.45, 2.75) is 31.8 Å². The van der Waals surface area contributed by atoms with Crippen molar-refractivity contribution in [3.63, 3.8) is 0 Å². The van der Waals surface area contributed by atoms with Crippen LogP contribution in [0.5, 0.6) is 5.75 Å². The molecule has 26 heavy (non-hydrogen) atoms. The second-order valence-corrected chi connectivity index (χ2v) is 6.31. The highest BCUT2D eigenvalue weighted by Crippen LogP contribution is 2.39. The standard InChI is InChI=1S/C17H16F3N3O3/c18-17(19,20)15-13(6-21-22-16(15)24)23-7-10-2-1-3-14(12(10)8-23)26-11-4-5-25-9-11/h1-3,6,11H,4-5,7-9H2,(H,22,24). The molecule has 4 rings (SSSR count).